The van der Waals surface area contributed by atoms with Gasteiger partial charge < -0.3 is 9.52 Å². The fourth-order valence-electron chi connectivity index (χ4n) is 3.57. The van der Waals surface area contributed by atoms with E-state index in [9.17, 15) is 4.79 Å². The van der Waals surface area contributed by atoms with Crippen LogP contribution in [0.15, 0.2) is 16.5 Å². The molecule has 2 unspecified atom stereocenters. The van der Waals surface area contributed by atoms with Crippen molar-refractivity contribution in [2.24, 2.45) is 0 Å². The van der Waals surface area contributed by atoms with E-state index in [4.69, 9.17) is 9.52 Å². The highest BCUT2D eigenvalue weighted by Gasteiger charge is 2.32. The zero-order valence-corrected chi connectivity index (χ0v) is 12.6. The fraction of sp³-hybridized carbons (Fsp3) is 0.688. The van der Waals surface area contributed by atoms with Crippen LogP contribution >= 0.6 is 0 Å². The first kappa shape index (κ1) is 14.6. The second kappa shape index (κ2) is 6.20. The van der Waals surface area contributed by atoms with E-state index in [0.717, 1.165) is 18.8 Å². The van der Waals surface area contributed by atoms with Gasteiger partial charge in [0.25, 0.3) is 0 Å². The highest BCUT2D eigenvalue weighted by atomic mass is 16.4. The molecule has 0 aromatic carbocycles. The lowest BCUT2D eigenvalue weighted by atomic mass is 10.1. The molecule has 2 aliphatic heterocycles. The predicted molar refractivity (Wildman–Crippen MR) is 79.5 cm³/mol. The number of likely N-dealkylation sites (tertiary alicyclic amines) is 2. The van der Waals surface area contributed by atoms with Gasteiger partial charge in [0, 0.05) is 19.1 Å². The van der Waals surface area contributed by atoms with Crippen molar-refractivity contribution in [1.29, 1.82) is 0 Å². The van der Waals surface area contributed by atoms with Crippen LogP contribution in [-0.4, -0.2) is 53.1 Å². The van der Waals surface area contributed by atoms with Crippen LogP contribution in [0.3, 0.4) is 0 Å². The summed E-state index contributed by atoms with van der Waals surface area (Å²) in [6, 6.07) is 4.14. The van der Waals surface area contributed by atoms with Crippen molar-refractivity contribution in [3.05, 3.63) is 23.7 Å². The largest absolute Gasteiger partial charge is 0.475 e. The number of carboxylic acids is 1. The Hall–Kier alpha value is -1.33. The van der Waals surface area contributed by atoms with Gasteiger partial charge in [0.2, 0.25) is 5.76 Å². The quantitative estimate of drug-likeness (QED) is 0.924. The smallest absolute Gasteiger partial charge is 0.371 e. The summed E-state index contributed by atoms with van der Waals surface area (Å²) in [5, 5.41) is 8.94. The van der Waals surface area contributed by atoms with E-state index >= 15 is 0 Å². The van der Waals surface area contributed by atoms with Gasteiger partial charge in [-0.15, -0.1) is 0 Å². The number of carbonyl (C=O) groups is 1. The summed E-state index contributed by atoms with van der Waals surface area (Å²) in [5.41, 5.74) is 0. The Morgan fingerprint density at radius 1 is 1.29 bits per heavy atom. The predicted octanol–water partition coefficient (Wildman–Crippen LogP) is 2.60. The first-order valence-corrected chi connectivity index (χ1v) is 7.96. The Labute approximate surface area is 125 Å². The van der Waals surface area contributed by atoms with Crippen LogP contribution in [0, 0.1) is 0 Å². The molecule has 116 valence electrons. The maximum Gasteiger partial charge on any atom is 0.371 e. The van der Waals surface area contributed by atoms with E-state index in [1.807, 2.05) is 0 Å². The molecular formula is C16H24N2O3. The zero-order chi connectivity index (χ0) is 14.8. The molecule has 2 atom stereocenters. The second-order valence-corrected chi connectivity index (χ2v) is 6.22. The van der Waals surface area contributed by atoms with Crippen molar-refractivity contribution >= 4 is 5.97 Å². The molecule has 0 spiro atoms. The number of nitrogens with zero attached hydrogens (tertiary/aromatic N) is 2. The molecule has 2 aliphatic rings. The molecule has 3 heterocycles. The lowest BCUT2D eigenvalue weighted by Crippen LogP contribution is -2.41. The molecule has 0 amide bonds. The molecular weight excluding hydrogens is 268 g/mol. The van der Waals surface area contributed by atoms with Gasteiger partial charge >= 0.3 is 5.97 Å². The minimum atomic E-state index is -0.999. The van der Waals surface area contributed by atoms with Crippen LogP contribution in [0.2, 0.25) is 0 Å². The molecule has 1 aromatic heterocycles. The van der Waals surface area contributed by atoms with Gasteiger partial charge in [0.15, 0.2) is 0 Å². The zero-order valence-electron chi connectivity index (χ0n) is 12.6. The van der Waals surface area contributed by atoms with Crippen LogP contribution in [-0.2, 0) is 0 Å². The van der Waals surface area contributed by atoms with E-state index in [1.54, 1.807) is 12.1 Å². The summed E-state index contributed by atoms with van der Waals surface area (Å²) in [7, 11) is 0. The highest BCUT2D eigenvalue weighted by molar-refractivity contribution is 5.84. The molecule has 2 saturated heterocycles. The van der Waals surface area contributed by atoms with Crippen molar-refractivity contribution in [2.75, 3.05) is 26.2 Å². The molecule has 3 rings (SSSR count). The lowest BCUT2D eigenvalue weighted by Gasteiger charge is -2.32. The molecule has 0 radical (unpaired) electrons. The SMILES string of the molecule is CC(c1ccc(C(=O)O)o1)N1CCC(N2CCCCC2)C1. The Kier molecular flexibility index (Phi) is 4.31. The third-order valence-corrected chi connectivity index (χ3v) is 4.90. The fourth-order valence-corrected chi connectivity index (χ4v) is 3.57. The van der Waals surface area contributed by atoms with Gasteiger partial charge in [-0.3, -0.25) is 9.80 Å². The number of rotatable bonds is 4. The van der Waals surface area contributed by atoms with Gasteiger partial charge in [-0.1, -0.05) is 6.42 Å². The molecule has 0 saturated carbocycles. The third kappa shape index (κ3) is 3.14. The number of hydrogen-bond donors (Lipinski definition) is 1. The number of hydrogen-bond acceptors (Lipinski definition) is 4. The Bertz CT molecular complexity index is 493. The van der Waals surface area contributed by atoms with Gasteiger partial charge in [0.1, 0.15) is 5.76 Å². The summed E-state index contributed by atoms with van der Waals surface area (Å²) < 4.78 is 5.45. The van der Waals surface area contributed by atoms with Crippen LogP contribution in [0.4, 0.5) is 0 Å². The van der Waals surface area contributed by atoms with Gasteiger partial charge in [0.05, 0.1) is 6.04 Å². The topological polar surface area (TPSA) is 56.9 Å². The Morgan fingerprint density at radius 2 is 2.05 bits per heavy atom. The van der Waals surface area contributed by atoms with E-state index in [1.165, 1.54) is 38.8 Å². The van der Waals surface area contributed by atoms with E-state index in [0.29, 0.717) is 6.04 Å². The molecule has 0 aliphatic carbocycles. The Balaban J connectivity index is 1.60. The number of aromatic carboxylic acids is 1. The summed E-state index contributed by atoms with van der Waals surface area (Å²) in [6.45, 7) is 6.69. The average molecular weight is 292 g/mol. The summed E-state index contributed by atoms with van der Waals surface area (Å²) >= 11 is 0. The van der Waals surface area contributed by atoms with Gasteiger partial charge in [-0.25, -0.2) is 4.79 Å². The second-order valence-electron chi connectivity index (χ2n) is 6.22. The van der Waals surface area contributed by atoms with Crippen LogP contribution in [0.5, 0.6) is 0 Å². The van der Waals surface area contributed by atoms with E-state index in [-0.39, 0.29) is 11.8 Å². The van der Waals surface area contributed by atoms with Crippen LogP contribution in [0.25, 0.3) is 0 Å². The molecule has 21 heavy (non-hydrogen) atoms. The standard InChI is InChI=1S/C16H24N2O3/c1-12(14-5-6-15(21-14)16(19)20)18-10-7-13(11-18)17-8-3-2-4-9-17/h5-6,12-13H,2-4,7-11H2,1H3,(H,19,20). The van der Waals surface area contributed by atoms with Crippen molar-refractivity contribution in [2.45, 2.75) is 44.7 Å². The van der Waals surface area contributed by atoms with Crippen molar-refractivity contribution in [3.8, 4) is 0 Å². The third-order valence-electron chi connectivity index (χ3n) is 4.90. The maximum absolute atomic E-state index is 10.9. The summed E-state index contributed by atoms with van der Waals surface area (Å²) in [6.07, 6.45) is 5.23. The molecule has 5 heteroatoms. The van der Waals surface area contributed by atoms with Crippen molar-refractivity contribution in [3.63, 3.8) is 0 Å². The minimum Gasteiger partial charge on any atom is -0.475 e. The highest BCUT2D eigenvalue weighted by Crippen LogP contribution is 2.29. The summed E-state index contributed by atoms with van der Waals surface area (Å²) in [4.78, 5) is 15.9. The van der Waals surface area contributed by atoms with Gasteiger partial charge in [-0.2, -0.15) is 0 Å². The van der Waals surface area contributed by atoms with Crippen molar-refractivity contribution in [1.82, 2.24) is 9.80 Å². The first-order chi connectivity index (χ1) is 10.1. The van der Waals surface area contributed by atoms with Crippen LogP contribution < -0.4 is 0 Å². The maximum atomic E-state index is 10.9. The number of furan rings is 1. The molecule has 1 aromatic rings. The number of piperidine rings is 1. The molecule has 5 nitrogen and oxygen atoms in total. The monoisotopic (exact) mass is 292 g/mol. The normalized spacial score (nSPS) is 26.0. The summed E-state index contributed by atoms with van der Waals surface area (Å²) in [5.74, 6) is -0.212. The van der Waals surface area contributed by atoms with Crippen molar-refractivity contribution < 1.29 is 14.3 Å². The minimum absolute atomic E-state index is 0.0311. The first-order valence-electron chi connectivity index (χ1n) is 7.96. The molecule has 2 fully saturated rings. The number of carboxylic acid groups (broad SMARTS) is 1. The van der Waals surface area contributed by atoms with E-state index in [2.05, 4.69) is 16.7 Å². The molecule has 0 bridgehead atoms. The Morgan fingerprint density at radius 3 is 2.71 bits per heavy atom. The van der Waals surface area contributed by atoms with E-state index < -0.39 is 5.97 Å². The molecule has 1 N–H and O–H groups in total. The average Bonchev–Trinajstić information content (AvgIpc) is 3.17. The van der Waals surface area contributed by atoms with Gasteiger partial charge in [-0.05, 0) is 51.4 Å². The lowest BCUT2D eigenvalue weighted by molar-refractivity contribution is 0.0656. The van der Waals surface area contributed by atoms with Crippen LogP contribution in [0.1, 0.15) is 55.0 Å².